The molecule has 4 nitrogen and oxygen atoms in total. The van der Waals surface area contributed by atoms with Crippen molar-refractivity contribution in [1.82, 2.24) is 0 Å². The van der Waals surface area contributed by atoms with Crippen molar-refractivity contribution in [2.24, 2.45) is 11.3 Å². The van der Waals surface area contributed by atoms with Crippen LogP contribution in [0.2, 0.25) is 19.6 Å². The Balaban J connectivity index is 2.11. The summed E-state index contributed by atoms with van der Waals surface area (Å²) < 4.78 is 10.7. The fourth-order valence-corrected chi connectivity index (χ4v) is 3.83. The molecule has 2 saturated carbocycles. The molecule has 0 amide bonds. The number of Topliss-reactive ketones (excluding diaryl/α,β-unsaturated/α-hetero) is 1. The van der Waals surface area contributed by atoms with E-state index in [0.29, 0.717) is 12.8 Å². The molecule has 16 heavy (non-hydrogen) atoms. The Morgan fingerprint density at radius 1 is 1.44 bits per heavy atom. The van der Waals surface area contributed by atoms with Gasteiger partial charge in [-0.25, -0.2) is 0 Å². The van der Waals surface area contributed by atoms with Crippen molar-refractivity contribution in [3.8, 4) is 0 Å². The van der Waals surface area contributed by atoms with Crippen molar-refractivity contribution < 1.29 is 18.8 Å². The molecule has 0 aromatic carbocycles. The number of ether oxygens (including phenoxy) is 1. The van der Waals surface area contributed by atoms with Gasteiger partial charge in [0, 0.05) is 12.3 Å². The number of hydrogen-bond acceptors (Lipinski definition) is 4. The van der Waals surface area contributed by atoms with E-state index in [2.05, 4.69) is 19.6 Å². The zero-order chi connectivity index (χ0) is 12.1. The Bertz CT molecular complexity index is 346. The van der Waals surface area contributed by atoms with Gasteiger partial charge in [-0.3, -0.25) is 9.59 Å². The molecule has 90 valence electrons. The van der Waals surface area contributed by atoms with Crippen LogP contribution in [0.4, 0.5) is 0 Å². The van der Waals surface area contributed by atoms with Crippen LogP contribution in [0.15, 0.2) is 0 Å². The largest absolute Gasteiger partial charge is 0.468 e. The van der Waals surface area contributed by atoms with E-state index in [1.54, 1.807) is 0 Å². The van der Waals surface area contributed by atoms with Gasteiger partial charge >= 0.3 is 5.97 Å². The molecule has 0 radical (unpaired) electrons. The molecule has 0 N–H and O–H groups in total. The Morgan fingerprint density at radius 3 is 2.50 bits per heavy atom. The third-order valence-electron chi connectivity index (χ3n) is 3.40. The summed E-state index contributed by atoms with van der Waals surface area (Å²) in [5.74, 6) is -0.295. The van der Waals surface area contributed by atoms with E-state index in [-0.39, 0.29) is 23.8 Å². The molecule has 0 saturated heterocycles. The minimum Gasteiger partial charge on any atom is -0.468 e. The van der Waals surface area contributed by atoms with E-state index in [1.807, 2.05) is 0 Å². The average Bonchev–Trinajstić information content (AvgIpc) is 2.84. The number of methoxy groups -OCH3 is 1. The molecule has 2 aliphatic rings. The van der Waals surface area contributed by atoms with Gasteiger partial charge in [-0.15, -0.1) is 0 Å². The second-order valence-electron chi connectivity index (χ2n) is 5.67. The molecular formula is C11H18O4Si. The van der Waals surface area contributed by atoms with Gasteiger partial charge in [-0.05, 0) is 26.1 Å². The first-order valence-electron chi connectivity index (χ1n) is 5.61. The molecule has 2 aliphatic carbocycles. The minimum absolute atomic E-state index is 0.00704. The third-order valence-corrected chi connectivity index (χ3v) is 4.41. The minimum atomic E-state index is -1.65. The fourth-order valence-electron chi connectivity index (χ4n) is 2.67. The molecule has 0 bridgehead atoms. The van der Waals surface area contributed by atoms with Gasteiger partial charge < -0.3 is 9.16 Å². The van der Waals surface area contributed by atoms with Crippen LogP contribution in [-0.4, -0.2) is 33.3 Å². The molecule has 0 aromatic rings. The van der Waals surface area contributed by atoms with Gasteiger partial charge in [0.15, 0.2) is 14.1 Å². The Hall–Kier alpha value is -0.683. The summed E-state index contributed by atoms with van der Waals surface area (Å²) >= 11 is 0. The van der Waals surface area contributed by atoms with Gasteiger partial charge in [0.05, 0.1) is 13.2 Å². The molecule has 3 atom stereocenters. The average molecular weight is 242 g/mol. The highest BCUT2D eigenvalue weighted by atomic mass is 28.4. The van der Waals surface area contributed by atoms with Gasteiger partial charge in [0.25, 0.3) is 0 Å². The van der Waals surface area contributed by atoms with Crippen LogP contribution < -0.4 is 0 Å². The monoisotopic (exact) mass is 242 g/mol. The van der Waals surface area contributed by atoms with Crippen LogP contribution in [0.1, 0.15) is 12.8 Å². The smallest absolute Gasteiger partial charge is 0.319 e. The summed E-state index contributed by atoms with van der Waals surface area (Å²) in [6.07, 6.45) is 0.941. The lowest BCUT2D eigenvalue weighted by atomic mass is 10.0. The quantitative estimate of drug-likeness (QED) is 0.426. The first kappa shape index (κ1) is 11.8. The summed E-state index contributed by atoms with van der Waals surface area (Å²) in [6, 6.07) is 0. The highest BCUT2D eigenvalue weighted by molar-refractivity contribution is 6.69. The topological polar surface area (TPSA) is 52.6 Å². The van der Waals surface area contributed by atoms with Crippen molar-refractivity contribution in [2.45, 2.75) is 38.6 Å². The Morgan fingerprint density at radius 2 is 2.06 bits per heavy atom. The van der Waals surface area contributed by atoms with Crippen LogP contribution in [0.5, 0.6) is 0 Å². The predicted octanol–water partition coefficient (Wildman–Crippen LogP) is 1.36. The summed E-state index contributed by atoms with van der Waals surface area (Å²) in [5, 5.41) is 0. The Kier molecular flexibility index (Phi) is 2.51. The van der Waals surface area contributed by atoms with Gasteiger partial charge in [-0.2, -0.15) is 0 Å². The SMILES string of the molecule is COC(=O)C12CC1C(O[Si](C)(C)C)CC2=O. The number of fused-ring (bicyclic) bond motifs is 1. The van der Waals surface area contributed by atoms with E-state index in [0.717, 1.165) is 0 Å². The molecule has 0 heterocycles. The normalized spacial score (nSPS) is 37.1. The summed E-state index contributed by atoms with van der Waals surface area (Å²) in [5.41, 5.74) is -0.834. The van der Waals surface area contributed by atoms with Crippen molar-refractivity contribution in [2.75, 3.05) is 7.11 Å². The van der Waals surface area contributed by atoms with Crippen LogP contribution in [0, 0.1) is 11.3 Å². The first-order chi connectivity index (χ1) is 7.31. The second kappa shape index (κ2) is 3.40. The number of hydrogen-bond donors (Lipinski definition) is 0. The van der Waals surface area contributed by atoms with Gasteiger partial charge in [0.2, 0.25) is 0 Å². The second-order valence-corrected chi connectivity index (χ2v) is 10.1. The van der Waals surface area contributed by atoms with Crippen LogP contribution in [0.25, 0.3) is 0 Å². The Labute approximate surface area is 96.4 Å². The lowest BCUT2D eigenvalue weighted by Gasteiger charge is -2.23. The number of carbonyl (C=O) groups is 2. The summed E-state index contributed by atoms with van der Waals surface area (Å²) in [7, 11) is -0.309. The van der Waals surface area contributed by atoms with Crippen molar-refractivity contribution in [3.63, 3.8) is 0 Å². The van der Waals surface area contributed by atoms with E-state index in [9.17, 15) is 9.59 Å². The van der Waals surface area contributed by atoms with Crippen molar-refractivity contribution >= 4 is 20.1 Å². The molecule has 0 aromatic heterocycles. The molecule has 0 spiro atoms. The molecule has 3 unspecified atom stereocenters. The van der Waals surface area contributed by atoms with Crippen LogP contribution in [0.3, 0.4) is 0 Å². The number of ketones is 1. The lowest BCUT2D eigenvalue weighted by Crippen LogP contribution is -2.32. The molecule has 5 heteroatoms. The highest BCUT2D eigenvalue weighted by Crippen LogP contribution is 2.63. The van der Waals surface area contributed by atoms with E-state index in [1.165, 1.54) is 7.11 Å². The third kappa shape index (κ3) is 1.62. The predicted molar refractivity (Wildman–Crippen MR) is 60.4 cm³/mol. The maximum absolute atomic E-state index is 11.9. The van der Waals surface area contributed by atoms with E-state index < -0.39 is 13.7 Å². The zero-order valence-corrected chi connectivity index (χ0v) is 11.2. The van der Waals surface area contributed by atoms with Crippen molar-refractivity contribution in [3.05, 3.63) is 0 Å². The van der Waals surface area contributed by atoms with Gasteiger partial charge in [0.1, 0.15) is 5.41 Å². The first-order valence-corrected chi connectivity index (χ1v) is 9.01. The van der Waals surface area contributed by atoms with E-state index >= 15 is 0 Å². The lowest BCUT2D eigenvalue weighted by molar-refractivity contribution is -0.150. The number of rotatable bonds is 3. The van der Waals surface area contributed by atoms with Crippen molar-refractivity contribution in [1.29, 1.82) is 0 Å². The molecule has 2 rings (SSSR count). The molecular weight excluding hydrogens is 224 g/mol. The van der Waals surface area contributed by atoms with Crippen LogP contribution >= 0.6 is 0 Å². The van der Waals surface area contributed by atoms with E-state index in [4.69, 9.17) is 9.16 Å². The maximum Gasteiger partial charge on any atom is 0.319 e. The summed E-state index contributed by atoms with van der Waals surface area (Å²) in [6.45, 7) is 6.29. The molecule has 0 aliphatic heterocycles. The number of carbonyl (C=O) groups excluding carboxylic acids is 2. The van der Waals surface area contributed by atoms with Gasteiger partial charge in [-0.1, -0.05) is 0 Å². The zero-order valence-electron chi connectivity index (χ0n) is 10.2. The maximum atomic E-state index is 11.9. The summed E-state index contributed by atoms with van der Waals surface area (Å²) in [4.78, 5) is 23.5. The fraction of sp³-hybridized carbons (Fsp3) is 0.818. The number of esters is 1. The van der Waals surface area contributed by atoms with Crippen LogP contribution in [-0.2, 0) is 18.8 Å². The highest BCUT2D eigenvalue weighted by Gasteiger charge is 2.73. The molecule has 2 fully saturated rings. The standard InChI is InChI=1S/C11H18O4Si/c1-14-10(13)11-6-7(11)8(5-9(11)12)15-16(2,3)4/h7-8H,5-6H2,1-4H3.